The van der Waals surface area contributed by atoms with Crippen LogP contribution in [0, 0.1) is 11.8 Å². The monoisotopic (exact) mass is 1210 g/mol. The van der Waals surface area contributed by atoms with Crippen molar-refractivity contribution in [1.82, 2.24) is 19.6 Å². The second kappa shape index (κ2) is 28.6. The Hall–Kier alpha value is 3.57. The zero-order chi connectivity index (χ0) is 56.4. The van der Waals surface area contributed by atoms with Gasteiger partial charge in [-0.3, -0.25) is 19.6 Å². The van der Waals surface area contributed by atoms with Crippen molar-refractivity contribution in [1.29, 1.82) is 1.43 Å². The average Bonchev–Trinajstić information content (AvgIpc) is 3.25. The third kappa shape index (κ3) is 22.8. The average molecular weight is 1220 g/mol. The van der Waals surface area contributed by atoms with E-state index in [1.54, 1.807) is 7.11 Å². The number of ether oxygens (including phenoxy) is 3. The van der Waals surface area contributed by atoms with E-state index in [9.17, 15) is 9.90 Å². The van der Waals surface area contributed by atoms with Crippen molar-refractivity contribution in [2.45, 2.75) is 239 Å². The molecule has 4 aliphatic heterocycles. The molecule has 4 heterocycles. The fraction of sp³-hybridized carbons (Fsp3) is 0.979. The van der Waals surface area contributed by atoms with Crippen LogP contribution >= 0.6 is 0 Å². The van der Waals surface area contributed by atoms with E-state index < -0.39 is 12.1 Å². The van der Waals surface area contributed by atoms with E-state index in [1.165, 1.54) is 25.7 Å². The molecule has 4 aliphatic rings. The SMILES string of the molecule is CC1CC(C)(C)N(C)C(C)(C)C1.CC1CC(C)(C)N(C)C(C)(C)C1.COCC(O)COC1CC(C)(C)N(C)C(C)(C)C1.[3H]OC(=O)COC1CC(C)(C)N(C)C(C)(C)C1.[3H][3H].[3H][3H].[3H][3H].[3H][3H].[3H][3H].[Y].[Y].[Y].[Y]. The van der Waals surface area contributed by atoms with E-state index in [1.807, 2.05) is 0 Å². The molecule has 2 N–H and O–H groups in total. The predicted molar refractivity (Wildman–Crippen MR) is 255 cm³/mol. The van der Waals surface area contributed by atoms with Gasteiger partial charge in [0.15, 0.2) is 0 Å². The molecule has 4 fully saturated rings. The van der Waals surface area contributed by atoms with E-state index in [-0.39, 0.29) is 172 Å². The smallest absolute Gasteiger partial charge is 0.329 e. The Morgan fingerprint density at radius 2 is 0.790 bits per heavy atom. The maximum atomic E-state index is 10.9. The second-order valence-corrected chi connectivity index (χ2v) is 23.9. The number of likely N-dealkylation sites (tertiary alicyclic amines) is 4. The Bertz CT molecular complexity index is 1230. The molecule has 14 heteroatoms. The van der Waals surface area contributed by atoms with Crippen LogP contribution in [0.15, 0.2) is 0 Å². The number of nitrogens with zero attached hydrogens (tertiary/aromatic N) is 4. The molecule has 368 valence electrons. The van der Waals surface area contributed by atoms with Crippen molar-refractivity contribution >= 4 is 5.97 Å². The van der Waals surface area contributed by atoms with Crippen LogP contribution < -0.4 is 0 Å². The van der Waals surface area contributed by atoms with Crippen LogP contribution in [0.25, 0.3) is 1.43 Å². The van der Waals surface area contributed by atoms with Crippen molar-refractivity contribution in [2.75, 3.05) is 55.1 Å². The Labute approximate surface area is 501 Å². The number of piperidine rings is 4. The zero-order valence-corrected chi connectivity index (χ0v) is 56.1. The van der Waals surface area contributed by atoms with Gasteiger partial charge < -0.3 is 24.4 Å². The molecule has 4 saturated heterocycles. The molecule has 1 atom stereocenters. The Kier molecular flexibility index (Phi) is 27.6. The maximum absolute atomic E-state index is 10.9. The van der Waals surface area contributed by atoms with Crippen molar-refractivity contribution < 1.29 is 175 Å². The van der Waals surface area contributed by atoms with E-state index >= 15 is 0 Å². The number of rotatable bonds is 8. The van der Waals surface area contributed by atoms with E-state index in [2.05, 4.69) is 178 Å². The van der Waals surface area contributed by atoms with Gasteiger partial charge in [-0.25, -0.2) is 4.79 Å². The van der Waals surface area contributed by atoms with Crippen LogP contribution in [0.3, 0.4) is 0 Å². The van der Waals surface area contributed by atoms with Crippen molar-refractivity contribution in [3.8, 4) is 0 Å². The molecule has 10 nitrogen and oxygen atoms in total. The van der Waals surface area contributed by atoms with E-state index in [0.29, 0.717) is 35.4 Å². The standard InChI is InChI=1S/C14H29NO3.C12H23NO3.2C11H23N.4Y.5H2/c1-13(2)7-12(8-14(3,4)15(13)5)18-10-11(16)9-17-6;1-11(2)6-9(16-8-10(14)15)7-12(3,4)13(11)5;2*1-9-7-10(2,3)12(6)11(4,5)8-9;;;;;;;;;/h11-12,16H,7-10H2,1-6H3;9H,6-8H2,1-5H3,(H,14,15);2*9H,7-8H2,1-6H3;;;;;5*1H/i;;;;;;;;5*1+2T/hT. The van der Waals surface area contributed by atoms with Gasteiger partial charge in [0, 0.05) is 197 Å². The minimum absolute atomic E-state index is 0. The van der Waals surface area contributed by atoms with Crippen LogP contribution in [0.5, 0.6) is 0 Å². The van der Waals surface area contributed by atoms with Crippen LogP contribution in [-0.2, 0) is 150 Å². The molecule has 1 unspecified atom stereocenters. The molecule has 0 aromatic rings. The number of carboxylic acids is 1. The summed E-state index contributed by atoms with van der Waals surface area (Å²) in [5.74, 6) is 1.09. The molecular formula is C48H108N4O6Y4. The van der Waals surface area contributed by atoms with Crippen LogP contribution in [0.4, 0.5) is 0 Å². The Morgan fingerprint density at radius 1 is 0.548 bits per heavy atom. The minimum Gasteiger partial charge on any atom is -0.480 e. The maximum Gasteiger partial charge on any atom is 0.329 e. The summed E-state index contributed by atoms with van der Waals surface area (Å²) in [5.41, 5.74) is 1.83. The van der Waals surface area contributed by atoms with Crippen LogP contribution in [0.1, 0.15) is 191 Å². The van der Waals surface area contributed by atoms with Crippen LogP contribution in [-0.4, -0.2) is 154 Å². The topological polar surface area (TPSA) is 98.2 Å². The molecular weight excluding hydrogens is 1080 g/mol. The number of aliphatic hydroxyl groups excluding tert-OH is 1. The third-order valence-corrected chi connectivity index (χ3v) is 14.9. The second-order valence-electron chi connectivity index (χ2n) is 23.9. The van der Waals surface area contributed by atoms with Gasteiger partial charge in [0.05, 0.1) is 25.4 Å². The van der Waals surface area contributed by atoms with Gasteiger partial charge in [0.1, 0.15) is 12.7 Å². The summed E-state index contributed by atoms with van der Waals surface area (Å²) in [5, 5.41) is 13.5. The van der Waals surface area contributed by atoms with Crippen molar-refractivity contribution in [3.05, 3.63) is 0 Å². The molecule has 0 spiro atoms. The summed E-state index contributed by atoms with van der Waals surface area (Å²) >= 11 is 0. The largest absolute Gasteiger partial charge is 0.480 e. The van der Waals surface area contributed by atoms with Gasteiger partial charge in [0.25, 0.3) is 1.43 Å². The van der Waals surface area contributed by atoms with Crippen LogP contribution in [0.2, 0.25) is 0 Å². The summed E-state index contributed by atoms with van der Waals surface area (Å²) in [6, 6.07) is 0. The molecule has 0 bridgehead atoms. The number of methoxy groups -OCH3 is 1. The molecule has 0 aromatic carbocycles. The molecule has 0 amide bonds. The van der Waals surface area contributed by atoms with Crippen molar-refractivity contribution in [3.63, 3.8) is 0 Å². The number of aliphatic carboxylic acids is 1. The third-order valence-electron chi connectivity index (χ3n) is 14.9. The van der Waals surface area contributed by atoms with Gasteiger partial charge in [-0.05, 0) is 202 Å². The Balaban J connectivity index is -0.000000100. The molecule has 0 aromatic heterocycles. The first-order valence-electron chi connectivity index (χ1n) is 27.8. The number of hydrogen-bond donors (Lipinski definition) is 2. The molecule has 4 rings (SSSR count). The number of hydrogen-bond acceptors (Lipinski definition) is 10. The molecule has 0 saturated carbocycles. The van der Waals surface area contributed by atoms with E-state index in [0.717, 1.165) is 37.5 Å². The van der Waals surface area contributed by atoms with E-state index in [4.69, 9.17) is 30.5 Å². The van der Waals surface area contributed by atoms with Gasteiger partial charge in [-0.2, -0.15) is 0 Å². The normalized spacial score (nSPS) is 26.8. The summed E-state index contributed by atoms with van der Waals surface area (Å²) in [6.45, 7) is 41.8. The van der Waals surface area contributed by atoms with Gasteiger partial charge in [0.2, 0.25) is 0 Å². The molecule has 4 radical (unpaired) electrons. The first-order valence-corrected chi connectivity index (χ1v) is 22.4. The zero-order valence-electron chi connectivity index (χ0n) is 55.8. The van der Waals surface area contributed by atoms with Crippen molar-refractivity contribution in [2.24, 2.45) is 11.8 Å². The molecule has 0 aliphatic carbocycles. The Morgan fingerprint density at radius 3 is 1.03 bits per heavy atom. The minimum atomic E-state index is -0.639. The number of carbonyl (C=O) groups is 1. The fourth-order valence-electron chi connectivity index (χ4n) is 11.2. The number of carboxylic acid groups (broad SMARTS) is 1. The first-order chi connectivity index (χ1) is 31.4. The summed E-state index contributed by atoms with van der Waals surface area (Å²) in [7, 11) is 10.4. The summed E-state index contributed by atoms with van der Waals surface area (Å²) in [6.07, 6.45) is 8.75. The van der Waals surface area contributed by atoms with Gasteiger partial charge in [-0.15, -0.1) is 0 Å². The number of aliphatic hydroxyl groups is 1. The summed E-state index contributed by atoms with van der Waals surface area (Å²) in [4.78, 5) is 20.7. The fourth-order valence-corrected chi connectivity index (χ4v) is 11.2. The van der Waals surface area contributed by atoms with Gasteiger partial charge in [-0.1, -0.05) is 13.8 Å². The predicted octanol–water partition coefficient (Wildman–Crippen LogP) is 10.4. The summed E-state index contributed by atoms with van der Waals surface area (Å²) < 4.78 is 72.8. The first kappa shape index (κ1) is 59.9. The molecule has 62 heavy (non-hydrogen) atoms. The van der Waals surface area contributed by atoms with Gasteiger partial charge >= 0.3 is 5.97 Å². The quantitative estimate of drug-likeness (QED) is 0.245.